The summed E-state index contributed by atoms with van der Waals surface area (Å²) in [5, 5.41) is 13.5. The number of carbonyl (C=O) groups is 2. The number of hydrogen-bond acceptors (Lipinski definition) is 5. The van der Waals surface area contributed by atoms with Crippen molar-refractivity contribution in [3.8, 4) is 23.1 Å². The summed E-state index contributed by atoms with van der Waals surface area (Å²) < 4.78 is 25.4. The number of carbonyl (C=O) groups excluding carboxylic acids is 1. The highest BCUT2D eigenvalue weighted by atomic mass is 19.1. The van der Waals surface area contributed by atoms with E-state index in [1.54, 1.807) is 36.4 Å². The number of nitrogens with zero attached hydrogens (tertiary/aromatic N) is 1. The molecule has 0 aliphatic rings. The molecule has 4 rings (SSSR count). The molecule has 0 spiro atoms. The van der Waals surface area contributed by atoms with E-state index in [9.17, 15) is 14.0 Å². The minimum absolute atomic E-state index is 0.0258. The van der Waals surface area contributed by atoms with Crippen molar-refractivity contribution in [3.05, 3.63) is 108 Å². The Hall–Kier alpha value is -4.92. The minimum atomic E-state index is -1.20. The molecule has 1 aromatic heterocycles. The van der Waals surface area contributed by atoms with Crippen molar-refractivity contribution in [2.75, 3.05) is 5.32 Å². The summed E-state index contributed by atoms with van der Waals surface area (Å²) in [4.78, 5) is 27.2. The van der Waals surface area contributed by atoms with Crippen molar-refractivity contribution in [1.29, 1.82) is 0 Å². The number of aromatic nitrogens is 1. The number of rotatable bonds is 8. The zero-order valence-corrected chi connectivity index (χ0v) is 18.3. The molecule has 0 atom stereocenters. The SMILES string of the molecule is O=C(O)NCc1ccc(Oc2ccc(NC(=O)c3ccc(Oc4ccccc4)cc3)cn2)c(F)c1. The average molecular weight is 473 g/mol. The molecule has 9 heteroatoms. The Bertz CT molecular complexity index is 1310. The smallest absolute Gasteiger partial charge is 0.404 e. The molecule has 0 saturated carbocycles. The fourth-order valence-electron chi connectivity index (χ4n) is 3.04. The van der Waals surface area contributed by atoms with E-state index in [4.69, 9.17) is 14.6 Å². The van der Waals surface area contributed by atoms with Gasteiger partial charge in [-0.2, -0.15) is 0 Å². The summed E-state index contributed by atoms with van der Waals surface area (Å²) in [6.45, 7) is -0.0258. The topological polar surface area (TPSA) is 110 Å². The van der Waals surface area contributed by atoms with Crippen LogP contribution in [0.25, 0.3) is 0 Å². The second-order valence-electron chi connectivity index (χ2n) is 7.30. The van der Waals surface area contributed by atoms with Crippen molar-refractivity contribution in [3.63, 3.8) is 0 Å². The molecule has 4 aromatic rings. The molecule has 0 fully saturated rings. The first-order valence-corrected chi connectivity index (χ1v) is 10.5. The van der Waals surface area contributed by atoms with E-state index in [1.807, 2.05) is 30.3 Å². The van der Waals surface area contributed by atoms with Gasteiger partial charge in [0, 0.05) is 18.2 Å². The number of ether oxygens (including phenoxy) is 2. The van der Waals surface area contributed by atoms with Gasteiger partial charge in [0.15, 0.2) is 11.6 Å². The number of amides is 2. The maximum atomic E-state index is 14.3. The van der Waals surface area contributed by atoms with Crippen LogP contribution in [-0.2, 0) is 6.54 Å². The second-order valence-corrected chi connectivity index (χ2v) is 7.30. The zero-order chi connectivity index (χ0) is 24.6. The molecule has 1 heterocycles. The number of para-hydroxylation sites is 1. The molecule has 8 nitrogen and oxygen atoms in total. The number of anilines is 1. The van der Waals surface area contributed by atoms with Crippen LogP contribution in [0, 0.1) is 5.82 Å². The standard InChI is InChI=1S/C26H20FN3O5/c27-22-14-17(15-29-26(32)33)6-12-23(22)35-24-13-9-19(16-28-24)30-25(31)18-7-10-21(11-8-18)34-20-4-2-1-3-5-20/h1-14,16,29H,15H2,(H,30,31)(H,32,33). The first-order chi connectivity index (χ1) is 17.0. The van der Waals surface area contributed by atoms with Crippen LogP contribution >= 0.6 is 0 Å². The third-order valence-corrected chi connectivity index (χ3v) is 4.74. The van der Waals surface area contributed by atoms with Crippen LogP contribution in [0.5, 0.6) is 23.1 Å². The van der Waals surface area contributed by atoms with Crippen molar-refractivity contribution >= 4 is 17.7 Å². The molecule has 0 saturated heterocycles. The van der Waals surface area contributed by atoms with Crippen LogP contribution < -0.4 is 20.1 Å². The highest BCUT2D eigenvalue weighted by Crippen LogP contribution is 2.25. The molecule has 0 unspecified atom stereocenters. The Labute approximate surface area is 200 Å². The predicted octanol–water partition coefficient (Wildman–Crippen LogP) is 5.83. The molecule has 0 radical (unpaired) electrons. The van der Waals surface area contributed by atoms with Gasteiger partial charge in [-0.3, -0.25) is 4.79 Å². The highest BCUT2D eigenvalue weighted by molar-refractivity contribution is 6.04. The molecule has 2 amide bonds. The van der Waals surface area contributed by atoms with Gasteiger partial charge < -0.3 is 25.2 Å². The molecule has 0 aliphatic heterocycles. The maximum absolute atomic E-state index is 14.3. The largest absolute Gasteiger partial charge is 0.465 e. The molecule has 0 aliphatic carbocycles. The van der Waals surface area contributed by atoms with E-state index in [2.05, 4.69) is 15.6 Å². The second kappa shape index (κ2) is 10.8. The summed E-state index contributed by atoms with van der Waals surface area (Å²) in [5.74, 6) is 0.377. The quantitative estimate of drug-likeness (QED) is 0.297. The molecule has 35 heavy (non-hydrogen) atoms. The van der Waals surface area contributed by atoms with Gasteiger partial charge in [0.2, 0.25) is 5.88 Å². The molecule has 3 N–H and O–H groups in total. The summed E-state index contributed by atoms with van der Waals surface area (Å²) in [7, 11) is 0. The van der Waals surface area contributed by atoms with E-state index in [-0.39, 0.29) is 24.1 Å². The van der Waals surface area contributed by atoms with Gasteiger partial charge in [0.05, 0.1) is 11.9 Å². The zero-order valence-electron chi connectivity index (χ0n) is 18.3. The average Bonchev–Trinajstić information content (AvgIpc) is 2.86. The Morgan fingerprint density at radius 3 is 2.29 bits per heavy atom. The molecule has 176 valence electrons. The number of pyridine rings is 1. The number of benzene rings is 3. The maximum Gasteiger partial charge on any atom is 0.404 e. The Morgan fingerprint density at radius 1 is 0.886 bits per heavy atom. The van der Waals surface area contributed by atoms with Gasteiger partial charge in [0.25, 0.3) is 5.91 Å². The first kappa shape index (κ1) is 23.2. The molecular formula is C26H20FN3O5. The van der Waals surface area contributed by atoms with Crippen molar-refractivity contribution in [2.45, 2.75) is 6.54 Å². The van der Waals surface area contributed by atoms with Crippen LogP contribution in [0.3, 0.4) is 0 Å². The Kier molecular flexibility index (Phi) is 7.17. The van der Waals surface area contributed by atoms with Gasteiger partial charge in [-0.05, 0) is 60.2 Å². The van der Waals surface area contributed by atoms with Gasteiger partial charge in [-0.15, -0.1) is 0 Å². The summed E-state index contributed by atoms with van der Waals surface area (Å²) >= 11 is 0. The van der Waals surface area contributed by atoms with Crippen molar-refractivity contribution in [2.24, 2.45) is 0 Å². The van der Waals surface area contributed by atoms with Crippen LogP contribution in [0.15, 0.2) is 91.1 Å². The fraction of sp³-hybridized carbons (Fsp3) is 0.0385. The predicted molar refractivity (Wildman–Crippen MR) is 126 cm³/mol. The fourth-order valence-corrected chi connectivity index (χ4v) is 3.04. The number of nitrogens with one attached hydrogen (secondary N) is 2. The normalized spacial score (nSPS) is 10.3. The van der Waals surface area contributed by atoms with Crippen LogP contribution in [-0.4, -0.2) is 22.1 Å². The minimum Gasteiger partial charge on any atom is -0.465 e. The third-order valence-electron chi connectivity index (χ3n) is 4.74. The highest BCUT2D eigenvalue weighted by Gasteiger charge is 2.10. The first-order valence-electron chi connectivity index (χ1n) is 10.5. The third kappa shape index (κ3) is 6.55. The van der Waals surface area contributed by atoms with Crippen LogP contribution in [0.2, 0.25) is 0 Å². The van der Waals surface area contributed by atoms with Gasteiger partial charge in [-0.25, -0.2) is 14.2 Å². The number of hydrogen-bond donors (Lipinski definition) is 3. The summed E-state index contributed by atoms with van der Waals surface area (Å²) in [5.41, 5.74) is 1.32. The number of halogens is 1. The monoisotopic (exact) mass is 473 g/mol. The molecule has 0 bridgehead atoms. The number of carboxylic acid groups (broad SMARTS) is 1. The summed E-state index contributed by atoms with van der Waals surface area (Å²) in [6, 6.07) is 23.2. The lowest BCUT2D eigenvalue weighted by Crippen LogP contribution is -2.19. The lowest BCUT2D eigenvalue weighted by molar-refractivity contribution is 0.102. The lowest BCUT2D eigenvalue weighted by Gasteiger charge is -2.10. The van der Waals surface area contributed by atoms with E-state index >= 15 is 0 Å². The molecule has 3 aromatic carbocycles. The van der Waals surface area contributed by atoms with E-state index in [0.29, 0.717) is 28.3 Å². The molecular weight excluding hydrogens is 453 g/mol. The van der Waals surface area contributed by atoms with Crippen molar-refractivity contribution < 1.29 is 28.6 Å². The lowest BCUT2D eigenvalue weighted by atomic mass is 10.2. The van der Waals surface area contributed by atoms with E-state index in [1.165, 1.54) is 24.4 Å². The summed E-state index contributed by atoms with van der Waals surface area (Å²) in [6.07, 6.45) is 0.194. The van der Waals surface area contributed by atoms with E-state index in [0.717, 1.165) is 0 Å². The van der Waals surface area contributed by atoms with Crippen molar-refractivity contribution in [1.82, 2.24) is 10.3 Å². The Morgan fingerprint density at radius 2 is 1.63 bits per heavy atom. The van der Waals surface area contributed by atoms with Crippen LogP contribution in [0.1, 0.15) is 15.9 Å². The Balaban J connectivity index is 1.33. The van der Waals surface area contributed by atoms with Gasteiger partial charge >= 0.3 is 6.09 Å². The van der Waals surface area contributed by atoms with Crippen LogP contribution in [0.4, 0.5) is 14.9 Å². The van der Waals surface area contributed by atoms with Gasteiger partial charge in [-0.1, -0.05) is 24.3 Å². The van der Waals surface area contributed by atoms with Gasteiger partial charge in [0.1, 0.15) is 11.5 Å². The van der Waals surface area contributed by atoms with E-state index < -0.39 is 11.9 Å².